The SMILES string of the molecule is CCNc1nc(NCC(C)(C)CCCO)nc(N(C)C)n1. The number of rotatable bonds is 9. The molecule has 21 heavy (non-hydrogen) atoms. The highest BCUT2D eigenvalue weighted by molar-refractivity contribution is 5.42. The molecule has 0 aromatic carbocycles. The van der Waals surface area contributed by atoms with Crippen molar-refractivity contribution in [3.63, 3.8) is 0 Å². The topological polar surface area (TPSA) is 86.2 Å². The Morgan fingerprint density at radius 1 is 1.10 bits per heavy atom. The maximum atomic E-state index is 8.94. The number of aliphatic hydroxyl groups excluding tert-OH is 1. The largest absolute Gasteiger partial charge is 0.396 e. The molecule has 1 aromatic heterocycles. The van der Waals surface area contributed by atoms with Crippen LogP contribution in [0.3, 0.4) is 0 Å². The Bertz CT molecular complexity index is 435. The highest BCUT2D eigenvalue weighted by atomic mass is 16.2. The van der Waals surface area contributed by atoms with Crippen molar-refractivity contribution in [2.75, 3.05) is 49.3 Å². The van der Waals surface area contributed by atoms with Gasteiger partial charge in [-0.05, 0) is 25.2 Å². The van der Waals surface area contributed by atoms with Crippen LogP contribution in [0, 0.1) is 5.41 Å². The summed E-state index contributed by atoms with van der Waals surface area (Å²) in [5.41, 5.74) is 0.0754. The Balaban J connectivity index is 2.77. The van der Waals surface area contributed by atoms with Gasteiger partial charge in [-0.2, -0.15) is 15.0 Å². The third-order valence-corrected chi connectivity index (χ3v) is 3.10. The van der Waals surface area contributed by atoms with Crippen LogP contribution in [0.5, 0.6) is 0 Å². The number of hydrogen-bond donors (Lipinski definition) is 3. The average molecular weight is 296 g/mol. The zero-order valence-corrected chi connectivity index (χ0v) is 13.8. The van der Waals surface area contributed by atoms with E-state index < -0.39 is 0 Å². The van der Waals surface area contributed by atoms with Gasteiger partial charge < -0.3 is 20.6 Å². The monoisotopic (exact) mass is 296 g/mol. The highest BCUT2D eigenvalue weighted by Crippen LogP contribution is 2.22. The highest BCUT2D eigenvalue weighted by Gasteiger charge is 2.18. The van der Waals surface area contributed by atoms with Gasteiger partial charge >= 0.3 is 0 Å². The fraction of sp³-hybridized carbons (Fsp3) is 0.786. The molecule has 0 amide bonds. The lowest BCUT2D eigenvalue weighted by molar-refractivity contribution is 0.247. The van der Waals surface area contributed by atoms with E-state index in [1.54, 1.807) is 0 Å². The third kappa shape index (κ3) is 6.12. The molecular weight excluding hydrogens is 268 g/mol. The van der Waals surface area contributed by atoms with E-state index in [4.69, 9.17) is 5.11 Å². The zero-order valence-electron chi connectivity index (χ0n) is 13.8. The molecule has 0 aliphatic heterocycles. The fourth-order valence-corrected chi connectivity index (χ4v) is 1.85. The molecule has 0 aliphatic carbocycles. The lowest BCUT2D eigenvalue weighted by Crippen LogP contribution is -2.25. The Kier molecular flexibility index (Phi) is 6.61. The van der Waals surface area contributed by atoms with Gasteiger partial charge in [-0.25, -0.2) is 0 Å². The number of aliphatic hydroxyl groups is 1. The standard InChI is InChI=1S/C14H28N6O/c1-6-15-11-17-12(19-13(18-11)20(4)5)16-10-14(2,3)8-7-9-21/h21H,6-10H2,1-5H3,(H2,15,16,17,18,19). The van der Waals surface area contributed by atoms with Gasteiger partial charge in [0.1, 0.15) is 0 Å². The summed E-state index contributed by atoms with van der Waals surface area (Å²) >= 11 is 0. The normalized spacial score (nSPS) is 11.3. The van der Waals surface area contributed by atoms with Gasteiger partial charge in [0.15, 0.2) is 0 Å². The second-order valence-electron chi connectivity index (χ2n) is 6.05. The van der Waals surface area contributed by atoms with Crippen LogP contribution in [0.15, 0.2) is 0 Å². The van der Waals surface area contributed by atoms with E-state index in [1.165, 1.54) is 0 Å². The summed E-state index contributed by atoms with van der Waals surface area (Å²) < 4.78 is 0. The summed E-state index contributed by atoms with van der Waals surface area (Å²) in [6.45, 7) is 8.06. The van der Waals surface area contributed by atoms with Gasteiger partial charge in [-0.1, -0.05) is 13.8 Å². The minimum absolute atomic E-state index is 0.0754. The first-order valence-corrected chi connectivity index (χ1v) is 7.40. The van der Waals surface area contributed by atoms with Crippen molar-refractivity contribution in [1.29, 1.82) is 0 Å². The summed E-state index contributed by atoms with van der Waals surface area (Å²) in [4.78, 5) is 15.0. The van der Waals surface area contributed by atoms with E-state index >= 15 is 0 Å². The zero-order chi connectivity index (χ0) is 15.9. The number of nitrogens with zero attached hydrogens (tertiary/aromatic N) is 4. The average Bonchev–Trinajstić information content (AvgIpc) is 2.43. The molecule has 0 atom stereocenters. The molecule has 120 valence electrons. The van der Waals surface area contributed by atoms with Crippen molar-refractivity contribution in [3.8, 4) is 0 Å². The predicted octanol–water partition coefficient (Wildman–Crippen LogP) is 1.58. The van der Waals surface area contributed by atoms with Crippen molar-refractivity contribution in [1.82, 2.24) is 15.0 Å². The second kappa shape index (κ2) is 7.97. The molecule has 0 saturated heterocycles. The summed E-state index contributed by atoms with van der Waals surface area (Å²) in [5.74, 6) is 1.77. The molecule has 1 aromatic rings. The smallest absolute Gasteiger partial charge is 0.231 e. The van der Waals surface area contributed by atoms with Crippen molar-refractivity contribution >= 4 is 17.8 Å². The van der Waals surface area contributed by atoms with Crippen LogP contribution in [-0.4, -0.2) is 53.9 Å². The molecule has 0 spiro atoms. The molecular formula is C14H28N6O. The number of anilines is 3. The maximum absolute atomic E-state index is 8.94. The fourth-order valence-electron chi connectivity index (χ4n) is 1.85. The van der Waals surface area contributed by atoms with E-state index in [-0.39, 0.29) is 12.0 Å². The molecule has 0 bridgehead atoms. The first-order chi connectivity index (χ1) is 9.88. The van der Waals surface area contributed by atoms with Crippen LogP contribution in [0.4, 0.5) is 17.8 Å². The van der Waals surface area contributed by atoms with Gasteiger partial charge in [0.25, 0.3) is 0 Å². The molecule has 1 heterocycles. The molecule has 3 N–H and O–H groups in total. The molecule has 7 nitrogen and oxygen atoms in total. The lowest BCUT2D eigenvalue weighted by Gasteiger charge is -2.25. The minimum atomic E-state index is 0.0754. The Morgan fingerprint density at radius 3 is 2.24 bits per heavy atom. The van der Waals surface area contributed by atoms with Crippen LogP contribution in [0.25, 0.3) is 0 Å². The van der Waals surface area contributed by atoms with Gasteiger partial charge in [0.05, 0.1) is 0 Å². The molecule has 7 heteroatoms. The quantitative estimate of drug-likeness (QED) is 0.638. The van der Waals surface area contributed by atoms with Crippen molar-refractivity contribution in [3.05, 3.63) is 0 Å². The van der Waals surface area contributed by atoms with Gasteiger partial charge in [-0.15, -0.1) is 0 Å². The Labute approximate surface area is 127 Å². The van der Waals surface area contributed by atoms with Crippen LogP contribution in [0.2, 0.25) is 0 Å². The Morgan fingerprint density at radius 2 is 1.71 bits per heavy atom. The summed E-state index contributed by atoms with van der Waals surface area (Å²) in [7, 11) is 3.81. The predicted molar refractivity (Wildman–Crippen MR) is 86.9 cm³/mol. The van der Waals surface area contributed by atoms with Crippen LogP contribution >= 0.6 is 0 Å². The molecule has 0 aliphatic rings. The van der Waals surface area contributed by atoms with E-state index in [9.17, 15) is 0 Å². The van der Waals surface area contributed by atoms with Gasteiger partial charge in [0.2, 0.25) is 17.8 Å². The third-order valence-electron chi connectivity index (χ3n) is 3.10. The van der Waals surface area contributed by atoms with E-state index in [1.807, 2.05) is 25.9 Å². The number of hydrogen-bond acceptors (Lipinski definition) is 7. The first kappa shape index (κ1) is 17.4. The molecule has 0 radical (unpaired) electrons. The molecule has 0 fully saturated rings. The van der Waals surface area contributed by atoms with E-state index in [0.29, 0.717) is 17.8 Å². The van der Waals surface area contributed by atoms with E-state index in [0.717, 1.165) is 25.9 Å². The molecule has 0 saturated carbocycles. The molecule has 1 rings (SSSR count). The van der Waals surface area contributed by atoms with Crippen molar-refractivity contribution < 1.29 is 5.11 Å². The Hall–Kier alpha value is -1.63. The van der Waals surface area contributed by atoms with Crippen molar-refractivity contribution in [2.45, 2.75) is 33.6 Å². The lowest BCUT2D eigenvalue weighted by atomic mass is 9.88. The summed E-state index contributed by atoms with van der Waals surface area (Å²) in [6.07, 6.45) is 1.75. The van der Waals surface area contributed by atoms with Crippen LogP contribution in [-0.2, 0) is 0 Å². The minimum Gasteiger partial charge on any atom is -0.396 e. The summed E-state index contributed by atoms with van der Waals surface area (Å²) in [5, 5.41) is 15.3. The van der Waals surface area contributed by atoms with Gasteiger partial charge in [0, 0.05) is 33.8 Å². The maximum Gasteiger partial charge on any atom is 0.231 e. The number of nitrogens with one attached hydrogen (secondary N) is 2. The van der Waals surface area contributed by atoms with Gasteiger partial charge in [-0.3, -0.25) is 0 Å². The van der Waals surface area contributed by atoms with Crippen molar-refractivity contribution in [2.24, 2.45) is 5.41 Å². The molecule has 0 unspecified atom stereocenters. The van der Waals surface area contributed by atoms with E-state index in [2.05, 4.69) is 39.4 Å². The second-order valence-corrected chi connectivity index (χ2v) is 6.05. The number of aromatic nitrogens is 3. The summed E-state index contributed by atoms with van der Waals surface area (Å²) in [6, 6.07) is 0. The van der Waals surface area contributed by atoms with Crippen LogP contribution in [0.1, 0.15) is 33.6 Å². The first-order valence-electron chi connectivity index (χ1n) is 7.40. The van der Waals surface area contributed by atoms with Crippen LogP contribution < -0.4 is 15.5 Å².